The molecule has 1 aliphatic rings. The fourth-order valence-electron chi connectivity index (χ4n) is 3.14. The normalized spacial score (nSPS) is 18.7. The third-order valence-electron chi connectivity index (χ3n) is 5.01. The lowest BCUT2D eigenvalue weighted by Crippen LogP contribution is -2.32. The summed E-state index contributed by atoms with van der Waals surface area (Å²) in [4.78, 5) is 14.3. The number of benzene rings is 1. The molecule has 1 heterocycles. The summed E-state index contributed by atoms with van der Waals surface area (Å²) in [6.07, 6.45) is 6.37. The van der Waals surface area contributed by atoms with Gasteiger partial charge < -0.3 is 9.64 Å². The smallest absolute Gasteiger partial charge is 0.222 e. The lowest BCUT2D eigenvalue weighted by molar-refractivity contribution is -0.130. The number of nitrogens with zero attached hydrogens (tertiary/aromatic N) is 1. The van der Waals surface area contributed by atoms with Crippen molar-refractivity contribution in [2.75, 3.05) is 20.2 Å². The van der Waals surface area contributed by atoms with Crippen LogP contribution in [0.5, 0.6) is 0 Å². The molecule has 0 radical (unpaired) electrons. The number of carbonyl (C=O) groups excluding carboxylic acids is 1. The average Bonchev–Trinajstić information content (AvgIpc) is 2.59. The predicted molar refractivity (Wildman–Crippen MR) is 94.5 cm³/mol. The summed E-state index contributed by atoms with van der Waals surface area (Å²) in [6.45, 7) is 6.11. The SMILES string of the molecule is CN(CCC1CCCCO1)C(=O)CCC(C)(C)c1ccccc1. The fraction of sp³-hybridized carbons (Fsp3) is 0.650. The molecule has 3 heteroatoms. The summed E-state index contributed by atoms with van der Waals surface area (Å²) in [5.41, 5.74) is 1.33. The highest BCUT2D eigenvalue weighted by Crippen LogP contribution is 2.28. The van der Waals surface area contributed by atoms with E-state index < -0.39 is 0 Å². The number of rotatable bonds is 7. The molecule has 0 aliphatic carbocycles. The molecule has 0 spiro atoms. The number of hydrogen-bond donors (Lipinski definition) is 0. The van der Waals surface area contributed by atoms with E-state index in [9.17, 15) is 4.79 Å². The maximum Gasteiger partial charge on any atom is 0.222 e. The predicted octanol–water partition coefficient (Wildman–Crippen LogP) is 4.16. The Morgan fingerprint density at radius 1 is 1.26 bits per heavy atom. The van der Waals surface area contributed by atoms with Gasteiger partial charge in [-0.1, -0.05) is 44.2 Å². The maximum atomic E-state index is 12.4. The van der Waals surface area contributed by atoms with Crippen LogP contribution in [0.1, 0.15) is 57.9 Å². The first-order valence-electron chi connectivity index (χ1n) is 8.90. The monoisotopic (exact) mass is 317 g/mol. The summed E-state index contributed by atoms with van der Waals surface area (Å²) >= 11 is 0. The van der Waals surface area contributed by atoms with Gasteiger partial charge in [0.15, 0.2) is 0 Å². The van der Waals surface area contributed by atoms with E-state index in [0.29, 0.717) is 12.5 Å². The Hall–Kier alpha value is -1.35. The van der Waals surface area contributed by atoms with Gasteiger partial charge >= 0.3 is 0 Å². The van der Waals surface area contributed by atoms with Gasteiger partial charge in [-0.05, 0) is 43.1 Å². The highest BCUT2D eigenvalue weighted by molar-refractivity contribution is 5.76. The van der Waals surface area contributed by atoms with Crippen LogP contribution in [0.2, 0.25) is 0 Å². The Kier molecular flexibility index (Phi) is 6.64. The van der Waals surface area contributed by atoms with Crippen LogP contribution in [-0.2, 0) is 14.9 Å². The van der Waals surface area contributed by atoms with E-state index >= 15 is 0 Å². The highest BCUT2D eigenvalue weighted by atomic mass is 16.5. The van der Waals surface area contributed by atoms with E-state index in [1.807, 2.05) is 18.0 Å². The van der Waals surface area contributed by atoms with E-state index in [4.69, 9.17) is 4.74 Å². The van der Waals surface area contributed by atoms with E-state index in [2.05, 4.69) is 38.1 Å². The first-order valence-corrected chi connectivity index (χ1v) is 8.90. The lowest BCUT2D eigenvalue weighted by Gasteiger charge is -2.28. The molecule has 2 rings (SSSR count). The molecule has 1 aliphatic heterocycles. The molecule has 3 nitrogen and oxygen atoms in total. The van der Waals surface area contributed by atoms with Crippen molar-refractivity contribution in [3.63, 3.8) is 0 Å². The minimum Gasteiger partial charge on any atom is -0.378 e. The minimum absolute atomic E-state index is 0.0320. The third-order valence-corrected chi connectivity index (χ3v) is 5.01. The summed E-state index contributed by atoms with van der Waals surface area (Å²) < 4.78 is 5.74. The molecule has 1 atom stereocenters. The first kappa shape index (κ1) is 18.0. The van der Waals surface area contributed by atoms with Crippen LogP contribution in [0.25, 0.3) is 0 Å². The Balaban J connectivity index is 1.74. The van der Waals surface area contributed by atoms with Crippen molar-refractivity contribution in [2.45, 2.75) is 63.9 Å². The Bertz CT molecular complexity index is 478. The molecule has 1 saturated heterocycles. The van der Waals surface area contributed by atoms with Crippen LogP contribution in [0.4, 0.5) is 0 Å². The van der Waals surface area contributed by atoms with Gasteiger partial charge in [-0.3, -0.25) is 4.79 Å². The second-order valence-corrected chi connectivity index (χ2v) is 7.34. The van der Waals surface area contributed by atoms with Crippen molar-refractivity contribution in [3.05, 3.63) is 35.9 Å². The molecule has 1 aromatic carbocycles. The fourth-order valence-corrected chi connectivity index (χ4v) is 3.14. The molecule has 1 unspecified atom stereocenters. The van der Waals surface area contributed by atoms with Gasteiger partial charge in [0.05, 0.1) is 6.10 Å². The Morgan fingerprint density at radius 2 is 2.00 bits per heavy atom. The second-order valence-electron chi connectivity index (χ2n) is 7.34. The van der Waals surface area contributed by atoms with Gasteiger partial charge in [0.1, 0.15) is 0 Å². The zero-order valence-corrected chi connectivity index (χ0v) is 14.9. The van der Waals surface area contributed by atoms with Crippen LogP contribution < -0.4 is 0 Å². The van der Waals surface area contributed by atoms with Gasteiger partial charge in [-0.2, -0.15) is 0 Å². The summed E-state index contributed by atoms with van der Waals surface area (Å²) in [6, 6.07) is 10.5. The van der Waals surface area contributed by atoms with Crippen molar-refractivity contribution in [3.8, 4) is 0 Å². The summed E-state index contributed by atoms with van der Waals surface area (Å²) in [5, 5.41) is 0. The standard InChI is InChI=1S/C20H31NO2/c1-20(2,17-9-5-4-6-10-17)14-12-19(22)21(3)15-13-18-11-7-8-16-23-18/h4-6,9-10,18H,7-8,11-16H2,1-3H3. The third kappa shape index (κ3) is 5.65. The molecule has 0 saturated carbocycles. The molecule has 1 fully saturated rings. The molecule has 0 N–H and O–H groups in total. The largest absolute Gasteiger partial charge is 0.378 e. The number of amides is 1. The molecule has 0 bridgehead atoms. The molecular formula is C20H31NO2. The molecule has 0 aromatic heterocycles. The van der Waals surface area contributed by atoms with Gasteiger partial charge in [-0.15, -0.1) is 0 Å². The topological polar surface area (TPSA) is 29.5 Å². The first-order chi connectivity index (χ1) is 11.0. The summed E-state index contributed by atoms with van der Waals surface area (Å²) in [7, 11) is 1.92. The van der Waals surface area contributed by atoms with Crippen molar-refractivity contribution in [1.82, 2.24) is 4.90 Å². The Morgan fingerprint density at radius 3 is 2.65 bits per heavy atom. The van der Waals surface area contributed by atoms with Crippen LogP contribution in [0, 0.1) is 0 Å². The van der Waals surface area contributed by atoms with Crippen LogP contribution in [0.15, 0.2) is 30.3 Å². The zero-order valence-electron chi connectivity index (χ0n) is 14.9. The van der Waals surface area contributed by atoms with E-state index in [0.717, 1.165) is 32.4 Å². The van der Waals surface area contributed by atoms with Gasteiger partial charge in [-0.25, -0.2) is 0 Å². The van der Waals surface area contributed by atoms with Gasteiger partial charge in [0.25, 0.3) is 0 Å². The molecule has 128 valence electrons. The average molecular weight is 317 g/mol. The van der Waals surface area contributed by atoms with Crippen LogP contribution in [-0.4, -0.2) is 37.1 Å². The van der Waals surface area contributed by atoms with E-state index in [1.54, 1.807) is 0 Å². The highest BCUT2D eigenvalue weighted by Gasteiger charge is 2.23. The molecule has 1 amide bonds. The van der Waals surface area contributed by atoms with Gasteiger partial charge in [0.2, 0.25) is 5.91 Å². The van der Waals surface area contributed by atoms with Crippen molar-refractivity contribution >= 4 is 5.91 Å². The van der Waals surface area contributed by atoms with Crippen molar-refractivity contribution in [1.29, 1.82) is 0 Å². The van der Waals surface area contributed by atoms with Crippen LogP contribution >= 0.6 is 0 Å². The van der Waals surface area contributed by atoms with E-state index in [1.165, 1.54) is 18.4 Å². The Labute approximate surface area is 141 Å². The molecular weight excluding hydrogens is 286 g/mol. The van der Waals surface area contributed by atoms with Crippen molar-refractivity contribution < 1.29 is 9.53 Å². The number of hydrogen-bond acceptors (Lipinski definition) is 2. The zero-order chi connectivity index (χ0) is 16.7. The van der Waals surface area contributed by atoms with E-state index in [-0.39, 0.29) is 11.3 Å². The number of carbonyl (C=O) groups is 1. The number of ether oxygens (including phenoxy) is 1. The minimum atomic E-state index is 0.0320. The van der Waals surface area contributed by atoms with Gasteiger partial charge in [0, 0.05) is 26.6 Å². The van der Waals surface area contributed by atoms with Crippen LogP contribution in [0.3, 0.4) is 0 Å². The second kappa shape index (κ2) is 8.49. The maximum absolute atomic E-state index is 12.4. The lowest BCUT2D eigenvalue weighted by atomic mass is 9.80. The molecule has 1 aromatic rings. The van der Waals surface area contributed by atoms with Crippen molar-refractivity contribution in [2.24, 2.45) is 0 Å². The quantitative estimate of drug-likeness (QED) is 0.755. The summed E-state index contributed by atoms with van der Waals surface area (Å²) in [5.74, 6) is 0.241. The molecule has 23 heavy (non-hydrogen) atoms.